The predicted molar refractivity (Wildman–Crippen MR) is 126 cm³/mol. The van der Waals surface area contributed by atoms with Crippen LogP contribution in [0.2, 0.25) is 0 Å². The first-order valence-corrected chi connectivity index (χ1v) is 12.8. The number of carbonyl (C=O) groups is 1. The Kier molecular flexibility index (Phi) is 7.49. The molecule has 0 aromatic heterocycles. The van der Waals surface area contributed by atoms with Gasteiger partial charge in [-0.15, -0.1) is 0 Å². The molecule has 0 spiro atoms. The second-order valence-corrected chi connectivity index (χ2v) is 11.1. The number of ether oxygens (including phenoxy) is 2. The number of aryl methyl sites for hydroxylation is 1. The lowest BCUT2D eigenvalue weighted by Crippen LogP contribution is -2.46. The van der Waals surface area contributed by atoms with E-state index >= 15 is 0 Å². The third kappa shape index (κ3) is 5.82. The Morgan fingerprint density at radius 3 is 2.38 bits per heavy atom. The van der Waals surface area contributed by atoms with Crippen LogP contribution in [0.5, 0.6) is 11.5 Å². The molecule has 1 aliphatic rings. The highest BCUT2D eigenvalue weighted by atomic mass is 32.2. The molecular formula is C25H33NO5S. The first kappa shape index (κ1) is 24.1. The number of rotatable bonds is 8. The first-order valence-electron chi connectivity index (χ1n) is 11.0. The van der Waals surface area contributed by atoms with Crippen LogP contribution in [0.25, 0.3) is 0 Å². The molecule has 1 fully saturated rings. The van der Waals surface area contributed by atoms with Gasteiger partial charge in [0.1, 0.15) is 11.5 Å². The van der Waals surface area contributed by atoms with Crippen molar-refractivity contribution < 1.29 is 22.7 Å². The maximum atomic E-state index is 13.5. The van der Waals surface area contributed by atoms with Crippen LogP contribution in [-0.4, -0.2) is 50.0 Å². The predicted octanol–water partition coefficient (Wildman–Crippen LogP) is 4.11. The summed E-state index contributed by atoms with van der Waals surface area (Å²) in [6, 6.07) is 13.1. The Morgan fingerprint density at radius 1 is 1.12 bits per heavy atom. The highest BCUT2D eigenvalue weighted by molar-refractivity contribution is 7.91. The van der Waals surface area contributed by atoms with E-state index in [0.29, 0.717) is 18.7 Å². The second kappa shape index (κ2) is 9.94. The van der Waals surface area contributed by atoms with Crippen molar-refractivity contribution >= 4 is 15.7 Å². The lowest BCUT2D eigenvalue weighted by molar-refractivity contribution is -0.140. The van der Waals surface area contributed by atoms with Gasteiger partial charge in [0.2, 0.25) is 0 Å². The Balaban J connectivity index is 1.85. The molecule has 1 saturated heterocycles. The molecule has 0 bridgehead atoms. The quantitative estimate of drug-likeness (QED) is 0.594. The van der Waals surface area contributed by atoms with Gasteiger partial charge in [0.05, 0.1) is 18.6 Å². The Hall–Kier alpha value is -2.54. The molecule has 0 aliphatic carbocycles. The van der Waals surface area contributed by atoms with Gasteiger partial charge in [-0.25, -0.2) is 8.42 Å². The average molecular weight is 460 g/mol. The molecule has 3 rings (SSSR count). The fourth-order valence-corrected chi connectivity index (χ4v) is 5.76. The zero-order valence-electron chi connectivity index (χ0n) is 19.5. The van der Waals surface area contributed by atoms with Crippen molar-refractivity contribution in [1.29, 1.82) is 0 Å². The van der Waals surface area contributed by atoms with Crippen molar-refractivity contribution in [1.82, 2.24) is 4.90 Å². The molecule has 6 nitrogen and oxygen atoms in total. The van der Waals surface area contributed by atoms with Crippen molar-refractivity contribution in [2.45, 2.75) is 58.7 Å². The van der Waals surface area contributed by atoms with Gasteiger partial charge >= 0.3 is 0 Å². The molecule has 2 aromatic rings. The minimum atomic E-state index is -3.14. The molecule has 0 saturated carbocycles. The number of hydrogen-bond acceptors (Lipinski definition) is 5. The smallest absolute Gasteiger partial charge is 0.263 e. The standard InChI is InChI=1S/C25H33NO5S/c1-17(2)23-11-6-18(3)14-24(23)31-19(4)25(27)26(21-12-13-32(28,29)16-21)15-20-7-9-22(30-5)10-8-20/h6-11,14,17,19,21H,12-13,15-16H2,1-5H3. The number of methoxy groups -OCH3 is 1. The van der Waals surface area contributed by atoms with Crippen LogP contribution in [0.15, 0.2) is 42.5 Å². The zero-order valence-corrected chi connectivity index (χ0v) is 20.3. The van der Waals surface area contributed by atoms with Crippen LogP contribution in [0.3, 0.4) is 0 Å². The summed E-state index contributed by atoms with van der Waals surface area (Å²) in [4.78, 5) is 15.2. The van der Waals surface area contributed by atoms with Gasteiger partial charge in [-0.2, -0.15) is 0 Å². The maximum absolute atomic E-state index is 13.5. The van der Waals surface area contributed by atoms with Crippen molar-refractivity contribution in [3.05, 3.63) is 59.2 Å². The van der Waals surface area contributed by atoms with Crippen LogP contribution in [0.4, 0.5) is 0 Å². The van der Waals surface area contributed by atoms with Crippen LogP contribution >= 0.6 is 0 Å². The topological polar surface area (TPSA) is 72.9 Å². The summed E-state index contributed by atoms with van der Waals surface area (Å²) in [5.41, 5.74) is 3.01. The number of nitrogens with zero attached hydrogens (tertiary/aromatic N) is 1. The van der Waals surface area contributed by atoms with Gasteiger partial charge in [-0.05, 0) is 61.1 Å². The van der Waals surface area contributed by atoms with Gasteiger partial charge in [-0.3, -0.25) is 4.79 Å². The normalized spacial score (nSPS) is 18.4. The molecule has 1 amide bonds. The van der Waals surface area contributed by atoms with E-state index in [1.54, 1.807) is 18.9 Å². The summed E-state index contributed by atoms with van der Waals surface area (Å²) < 4.78 is 35.6. The van der Waals surface area contributed by atoms with Crippen LogP contribution in [-0.2, 0) is 21.2 Å². The number of carbonyl (C=O) groups excluding carboxylic acids is 1. The average Bonchev–Trinajstić information content (AvgIpc) is 3.11. The van der Waals surface area contributed by atoms with E-state index in [-0.39, 0.29) is 29.4 Å². The second-order valence-electron chi connectivity index (χ2n) is 8.83. The summed E-state index contributed by atoms with van der Waals surface area (Å²) >= 11 is 0. The largest absolute Gasteiger partial charge is 0.497 e. The van der Waals surface area contributed by atoms with Crippen molar-refractivity contribution in [3.63, 3.8) is 0 Å². The molecule has 0 N–H and O–H groups in total. The summed E-state index contributed by atoms with van der Waals surface area (Å²) in [6.07, 6.45) is -0.297. The minimum absolute atomic E-state index is 0.0106. The number of benzene rings is 2. The monoisotopic (exact) mass is 459 g/mol. The van der Waals surface area contributed by atoms with E-state index in [4.69, 9.17) is 9.47 Å². The highest BCUT2D eigenvalue weighted by Crippen LogP contribution is 2.29. The van der Waals surface area contributed by atoms with Gasteiger partial charge < -0.3 is 14.4 Å². The lowest BCUT2D eigenvalue weighted by atomic mass is 10.0. The SMILES string of the molecule is COc1ccc(CN(C(=O)C(C)Oc2cc(C)ccc2C(C)C)C2CCS(=O)(=O)C2)cc1. The Morgan fingerprint density at radius 2 is 1.81 bits per heavy atom. The third-order valence-electron chi connectivity index (χ3n) is 5.89. The summed E-state index contributed by atoms with van der Waals surface area (Å²) in [7, 11) is -1.54. The molecule has 32 heavy (non-hydrogen) atoms. The van der Waals surface area contributed by atoms with Crippen LogP contribution in [0.1, 0.15) is 49.8 Å². The molecule has 1 aliphatic heterocycles. The molecule has 2 atom stereocenters. The fraction of sp³-hybridized carbons (Fsp3) is 0.480. The Labute approximate surface area is 191 Å². The Bertz CT molecular complexity index is 1050. The molecule has 7 heteroatoms. The van der Waals surface area contributed by atoms with Crippen molar-refractivity contribution in [2.24, 2.45) is 0 Å². The zero-order chi connectivity index (χ0) is 23.5. The van der Waals surface area contributed by atoms with E-state index in [1.807, 2.05) is 49.4 Å². The highest BCUT2D eigenvalue weighted by Gasteiger charge is 2.36. The molecule has 2 unspecified atom stereocenters. The van der Waals surface area contributed by atoms with Gasteiger partial charge in [0.25, 0.3) is 5.91 Å². The van der Waals surface area contributed by atoms with Crippen molar-refractivity contribution in [3.8, 4) is 11.5 Å². The fourth-order valence-electron chi connectivity index (χ4n) is 4.03. The van der Waals surface area contributed by atoms with Gasteiger partial charge in [0, 0.05) is 12.6 Å². The third-order valence-corrected chi connectivity index (χ3v) is 7.64. The van der Waals surface area contributed by atoms with E-state index in [0.717, 1.165) is 22.4 Å². The molecular weight excluding hydrogens is 426 g/mol. The molecule has 1 heterocycles. The van der Waals surface area contributed by atoms with E-state index in [2.05, 4.69) is 13.8 Å². The lowest BCUT2D eigenvalue weighted by Gasteiger charge is -2.31. The van der Waals surface area contributed by atoms with Gasteiger partial charge in [-0.1, -0.05) is 38.1 Å². The van der Waals surface area contributed by atoms with E-state index in [9.17, 15) is 13.2 Å². The first-order chi connectivity index (χ1) is 15.1. The maximum Gasteiger partial charge on any atom is 0.263 e. The number of hydrogen-bond donors (Lipinski definition) is 0. The summed E-state index contributed by atoms with van der Waals surface area (Å²) in [5, 5.41) is 0. The van der Waals surface area contributed by atoms with E-state index < -0.39 is 15.9 Å². The minimum Gasteiger partial charge on any atom is -0.497 e. The molecule has 0 radical (unpaired) electrons. The molecule has 174 valence electrons. The van der Waals surface area contributed by atoms with Gasteiger partial charge in [0.15, 0.2) is 15.9 Å². The number of sulfone groups is 1. The van der Waals surface area contributed by atoms with Crippen molar-refractivity contribution in [2.75, 3.05) is 18.6 Å². The van der Waals surface area contributed by atoms with Crippen LogP contribution < -0.4 is 9.47 Å². The summed E-state index contributed by atoms with van der Waals surface area (Å²) in [5.74, 6) is 1.57. The van der Waals surface area contributed by atoms with E-state index in [1.165, 1.54) is 0 Å². The summed E-state index contributed by atoms with van der Waals surface area (Å²) in [6.45, 7) is 8.22. The number of amides is 1. The van der Waals surface area contributed by atoms with Crippen LogP contribution in [0, 0.1) is 6.92 Å². The molecule has 2 aromatic carbocycles.